The predicted octanol–water partition coefficient (Wildman–Crippen LogP) is 5.07. The summed E-state index contributed by atoms with van der Waals surface area (Å²) in [6.07, 6.45) is 7.61. The van der Waals surface area contributed by atoms with Crippen LogP contribution in [0.15, 0.2) is 48.8 Å². The van der Waals surface area contributed by atoms with Crippen LogP contribution < -0.4 is 10.6 Å². The van der Waals surface area contributed by atoms with E-state index in [1.807, 2.05) is 30.5 Å². The summed E-state index contributed by atoms with van der Waals surface area (Å²) in [5.74, 6) is 1.15. The Kier molecular flexibility index (Phi) is 4.84. The van der Waals surface area contributed by atoms with Crippen LogP contribution in [0.4, 0.5) is 11.1 Å². The average molecular weight is 465 g/mol. The Morgan fingerprint density at radius 3 is 2.91 bits per heavy atom. The number of aromatic nitrogens is 4. The van der Waals surface area contributed by atoms with Crippen LogP contribution >= 0.6 is 23.1 Å². The minimum atomic E-state index is -0.0631. The van der Waals surface area contributed by atoms with Crippen LogP contribution in [0.5, 0.6) is 0 Å². The molecule has 4 aromatic rings. The molecule has 0 radical (unpaired) electrons. The molecule has 2 aliphatic rings. The number of nitrogens with zero attached hydrogens (tertiary/aromatic N) is 4. The summed E-state index contributed by atoms with van der Waals surface area (Å²) in [4.78, 5) is 21.6. The fourth-order valence-corrected chi connectivity index (χ4v) is 4.83. The minimum absolute atomic E-state index is 0.0499. The van der Waals surface area contributed by atoms with Crippen molar-refractivity contribution in [2.45, 2.75) is 37.6 Å². The lowest BCUT2D eigenvalue weighted by Gasteiger charge is -2.02. The molecular weight excluding hydrogens is 444 g/mol. The van der Waals surface area contributed by atoms with Crippen molar-refractivity contribution in [2.75, 3.05) is 10.6 Å². The molecular formula is C23H21ClN6OS. The molecule has 2 aliphatic carbocycles. The zero-order valence-electron chi connectivity index (χ0n) is 17.2. The van der Waals surface area contributed by atoms with E-state index in [0.29, 0.717) is 22.6 Å². The van der Waals surface area contributed by atoms with Crippen molar-refractivity contribution >= 4 is 45.8 Å². The molecule has 2 N–H and O–H groups in total. The summed E-state index contributed by atoms with van der Waals surface area (Å²) in [5, 5.41) is 7.44. The second-order valence-corrected chi connectivity index (χ2v) is 9.69. The van der Waals surface area contributed by atoms with Crippen molar-refractivity contribution < 1.29 is 4.79 Å². The van der Waals surface area contributed by atoms with E-state index in [1.165, 1.54) is 29.9 Å². The Morgan fingerprint density at radius 2 is 2.06 bits per heavy atom. The van der Waals surface area contributed by atoms with Gasteiger partial charge in [0.05, 0.1) is 12.2 Å². The number of amides is 1. The normalized spacial score (nSPS) is 19.8. The third-order valence-corrected chi connectivity index (χ3v) is 6.97. The number of carbonyl (C=O) groups is 1. The number of benzene rings is 1. The van der Waals surface area contributed by atoms with Crippen LogP contribution in [0.25, 0.3) is 5.65 Å². The predicted molar refractivity (Wildman–Crippen MR) is 125 cm³/mol. The van der Waals surface area contributed by atoms with Gasteiger partial charge in [0.1, 0.15) is 5.65 Å². The van der Waals surface area contributed by atoms with Gasteiger partial charge >= 0.3 is 0 Å². The zero-order chi connectivity index (χ0) is 21.7. The summed E-state index contributed by atoms with van der Waals surface area (Å²) in [6, 6.07) is 11.9. The van der Waals surface area contributed by atoms with Gasteiger partial charge in [-0.05, 0) is 60.4 Å². The lowest BCUT2D eigenvalue weighted by molar-refractivity contribution is -0.117. The van der Waals surface area contributed by atoms with E-state index >= 15 is 0 Å². The third kappa shape index (κ3) is 4.08. The highest BCUT2D eigenvalue weighted by molar-refractivity contribution is 7.09. The summed E-state index contributed by atoms with van der Waals surface area (Å²) in [5.41, 5.74) is 4.35. The molecule has 1 amide bonds. The average Bonchev–Trinajstić information content (AvgIpc) is 3.70. The van der Waals surface area contributed by atoms with Gasteiger partial charge in [0.15, 0.2) is 0 Å². The number of halogens is 1. The number of hydrogen-bond acceptors (Lipinski definition) is 6. The molecule has 3 aromatic heterocycles. The quantitative estimate of drug-likeness (QED) is 0.399. The maximum atomic E-state index is 12.6. The Balaban J connectivity index is 1.05. The van der Waals surface area contributed by atoms with Crippen molar-refractivity contribution in [3.63, 3.8) is 0 Å². The molecule has 2 atom stereocenters. The van der Waals surface area contributed by atoms with Gasteiger partial charge in [0.2, 0.25) is 17.0 Å². The van der Waals surface area contributed by atoms with Crippen LogP contribution in [-0.2, 0) is 11.3 Å². The van der Waals surface area contributed by atoms with E-state index in [-0.39, 0.29) is 17.7 Å². The lowest BCUT2D eigenvalue weighted by Crippen LogP contribution is -2.15. The van der Waals surface area contributed by atoms with Gasteiger partial charge in [-0.15, -0.1) is 0 Å². The van der Waals surface area contributed by atoms with Gasteiger partial charge in [-0.2, -0.15) is 9.36 Å². The van der Waals surface area contributed by atoms with Gasteiger partial charge in [-0.1, -0.05) is 29.8 Å². The standard InChI is InChI=1S/C23H21ClN6OS/c24-16-3-1-2-14(8-16)18-9-19(18)21(31)27-22-28-23(32-29-22)25-10-17-12-30-11-15(13-4-5-13)6-7-20(30)26-17/h1-3,6-8,11-13,18-19H,4-5,9-10H2,(H2,25,27,28,29,31). The molecule has 2 saturated carbocycles. The Hall–Kier alpha value is -2.97. The molecule has 0 spiro atoms. The minimum Gasteiger partial charge on any atom is -0.355 e. The van der Waals surface area contributed by atoms with E-state index in [1.54, 1.807) is 0 Å². The molecule has 162 valence electrons. The summed E-state index contributed by atoms with van der Waals surface area (Å²) < 4.78 is 6.35. The summed E-state index contributed by atoms with van der Waals surface area (Å²) >= 11 is 7.29. The lowest BCUT2D eigenvalue weighted by atomic mass is 10.1. The van der Waals surface area contributed by atoms with Crippen LogP contribution in [0.3, 0.4) is 0 Å². The maximum Gasteiger partial charge on any atom is 0.243 e. The van der Waals surface area contributed by atoms with Gasteiger partial charge < -0.3 is 9.72 Å². The number of anilines is 2. The van der Waals surface area contributed by atoms with E-state index in [0.717, 1.165) is 29.2 Å². The molecule has 32 heavy (non-hydrogen) atoms. The highest BCUT2D eigenvalue weighted by atomic mass is 35.5. The highest BCUT2D eigenvalue weighted by Crippen LogP contribution is 2.48. The fraction of sp³-hybridized carbons (Fsp3) is 0.304. The molecule has 2 unspecified atom stereocenters. The topological polar surface area (TPSA) is 84.2 Å². The summed E-state index contributed by atoms with van der Waals surface area (Å²) in [6.45, 7) is 0.544. The SMILES string of the molecule is O=C(Nc1nsc(NCc2cn3cc(C4CC4)ccc3n2)n1)C1CC1c1cccc(Cl)c1. The van der Waals surface area contributed by atoms with Crippen molar-refractivity contribution in [1.29, 1.82) is 0 Å². The monoisotopic (exact) mass is 464 g/mol. The number of rotatable bonds is 7. The van der Waals surface area contributed by atoms with Crippen LogP contribution in [0.1, 0.15) is 47.9 Å². The van der Waals surface area contributed by atoms with Crippen molar-refractivity contribution in [3.05, 3.63) is 70.6 Å². The second-order valence-electron chi connectivity index (χ2n) is 8.50. The van der Waals surface area contributed by atoms with E-state index in [4.69, 9.17) is 11.6 Å². The van der Waals surface area contributed by atoms with Crippen molar-refractivity contribution in [1.82, 2.24) is 18.7 Å². The second kappa shape index (κ2) is 7.86. The first-order valence-electron chi connectivity index (χ1n) is 10.7. The van der Waals surface area contributed by atoms with E-state index in [9.17, 15) is 4.79 Å². The zero-order valence-corrected chi connectivity index (χ0v) is 18.7. The number of pyridine rings is 1. The van der Waals surface area contributed by atoms with Crippen LogP contribution in [-0.4, -0.2) is 24.6 Å². The van der Waals surface area contributed by atoms with Crippen LogP contribution in [0, 0.1) is 5.92 Å². The first-order chi connectivity index (χ1) is 15.6. The largest absolute Gasteiger partial charge is 0.355 e. The number of carbonyl (C=O) groups excluding carboxylic acids is 1. The molecule has 1 aromatic carbocycles. The number of imidazole rings is 1. The van der Waals surface area contributed by atoms with Crippen molar-refractivity contribution in [3.8, 4) is 0 Å². The van der Waals surface area contributed by atoms with E-state index in [2.05, 4.69) is 47.7 Å². The number of fused-ring (bicyclic) bond motifs is 1. The highest BCUT2D eigenvalue weighted by Gasteiger charge is 2.44. The molecule has 2 fully saturated rings. The van der Waals surface area contributed by atoms with Gasteiger partial charge in [-0.3, -0.25) is 10.1 Å². The molecule has 0 aliphatic heterocycles. The van der Waals surface area contributed by atoms with Crippen LogP contribution in [0.2, 0.25) is 5.02 Å². The van der Waals surface area contributed by atoms with Gasteiger partial charge in [0.25, 0.3) is 0 Å². The third-order valence-electron chi connectivity index (χ3n) is 6.06. The molecule has 6 rings (SSSR count). The Morgan fingerprint density at radius 1 is 1.16 bits per heavy atom. The molecule has 7 nitrogen and oxygen atoms in total. The number of nitrogens with one attached hydrogen (secondary N) is 2. The molecule has 9 heteroatoms. The van der Waals surface area contributed by atoms with Gasteiger partial charge in [-0.25, -0.2) is 4.98 Å². The first kappa shape index (κ1) is 19.7. The first-order valence-corrected chi connectivity index (χ1v) is 11.9. The molecule has 0 bridgehead atoms. The molecule has 0 saturated heterocycles. The van der Waals surface area contributed by atoms with E-state index < -0.39 is 0 Å². The fourth-order valence-electron chi connectivity index (χ4n) is 4.11. The molecule has 3 heterocycles. The Bertz CT molecular complexity index is 1310. The maximum absolute atomic E-state index is 12.6. The number of hydrogen-bond donors (Lipinski definition) is 2. The van der Waals surface area contributed by atoms with Gasteiger partial charge in [0, 0.05) is 34.9 Å². The summed E-state index contributed by atoms with van der Waals surface area (Å²) in [7, 11) is 0. The Labute approximate surface area is 194 Å². The van der Waals surface area contributed by atoms with Crippen molar-refractivity contribution in [2.24, 2.45) is 5.92 Å². The smallest absolute Gasteiger partial charge is 0.243 e.